The molecule has 0 bridgehead atoms. The Kier molecular flexibility index (Phi) is 8.68. The SMILES string of the molecule is O=C1CCCN1CC1CCN(C(=O)c2ccc(Cl)c(S(=O)(=O)N(Cc3ccccc3)c3ccccc3Cl)c2)CC1. The molecular weight excluding hydrogens is 569 g/mol. The van der Waals surface area contributed by atoms with Crippen LogP contribution in [0.5, 0.6) is 0 Å². The van der Waals surface area contributed by atoms with Gasteiger partial charge in [0.1, 0.15) is 4.90 Å². The predicted molar refractivity (Wildman–Crippen MR) is 157 cm³/mol. The van der Waals surface area contributed by atoms with Gasteiger partial charge in [-0.15, -0.1) is 0 Å². The van der Waals surface area contributed by atoms with Crippen LogP contribution in [0.2, 0.25) is 10.0 Å². The van der Waals surface area contributed by atoms with Crippen LogP contribution in [0.25, 0.3) is 0 Å². The molecule has 40 heavy (non-hydrogen) atoms. The summed E-state index contributed by atoms with van der Waals surface area (Å²) in [6.07, 6.45) is 3.13. The number of amides is 2. The first-order valence-corrected chi connectivity index (χ1v) is 15.6. The van der Waals surface area contributed by atoms with Crippen molar-refractivity contribution < 1.29 is 18.0 Å². The van der Waals surface area contributed by atoms with Gasteiger partial charge < -0.3 is 9.80 Å². The van der Waals surface area contributed by atoms with Crippen molar-refractivity contribution in [2.75, 3.05) is 30.5 Å². The summed E-state index contributed by atoms with van der Waals surface area (Å²) in [5.74, 6) is 0.331. The zero-order valence-electron chi connectivity index (χ0n) is 22.0. The van der Waals surface area contributed by atoms with E-state index in [4.69, 9.17) is 23.2 Å². The predicted octanol–water partition coefficient (Wildman–Crippen LogP) is 5.86. The van der Waals surface area contributed by atoms with Gasteiger partial charge >= 0.3 is 0 Å². The van der Waals surface area contributed by atoms with E-state index in [-0.39, 0.29) is 38.9 Å². The number of benzene rings is 3. The molecule has 210 valence electrons. The first-order chi connectivity index (χ1) is 19.2. The van der Waals surface area contributed by atoms with Crippen LogP contribution in [-0.4, -0.2) is 56.2 Å². The number of carbonyl (C=O) groups excluding carboxylic acids is 2. The number of rotatable bonds is 8. The van der Waals surface area contributed by atoms with Crippen molar-refractivity contribution in [3.63, 3.8) is 0 Å². The molecule has 2 fully saturated rings. The molecule has 0 unspecified atom stereocenters. The third kappa shape index (κ3) is 6.14. The molecule has 0 spiro atoms. The minimum atomic E-state index is -4.21. The quantitative estimate of drug-likeness (QED) is 0.325. The van der Waals surface area contributed by atoms with E-state index in [2.05, 4.69) is 0 Å². The van der Waals surface area contributed by atoms with Crippen LogP contribution in [0.4, 0.5) is 5.69 Å². The van der Waals surface area contributed by atoms with E-state index in [1.54, 1.807) is 35.2 Å². The minimum absolute atomic E-state index is 0.0238. The van der Waals surface area contributed by atoms with Gasteiger partial charge in [0.25, 0.3) is 15.9 Å². The van der Waals surface area contributed by atoms with E-state index in [1.807, 2.05) is 35.2 Å². The molecule has 0 aliphatic carbocycles. The van der Waals surface area contributed by atoms with Gasteiger partial charge in [0.05, 0.1) is 22.3 Å². The molecule has 3 aromatic carbocycles. The lowest BCUT2D eigenvalue weighted by Crippen LogP contribution is -2.42. The zero-order chi connectivity index (χ0) is 28.3. The molecule has 2 saturated heterocycles. The summed E-state index contributed by atoms with van der Waals surface area (Å²) >= 11 is 12.9. The van der Waals surface area contributed by atoms with Gasteiger partial charge in [-0.3, -0.25) is 13.9 Å². The van der Waals surface area contributed by atoms with Gasteiger partial charge in [-0.25, -0.2) is 8.42 Å². The fraction of sp³-hybridized carbons (Fsp3) is 0.333. The Morgan fingerprint density at radius 2 is 1.60 bits per heavy atom. The molecule has 3 aromatic rings. The largest absolute Gasteiger partial charge is 0.342 e. The van der Waals surface area contributed by atoms with Crippen molar-refractivity contribution in [2.24, 2.45) is 5.92 Å². The zero-order valence-corrected chi connectivity index (χ0v) is 24.3. The van der Waals surface area contributed by atoms with Crippen LogP contribution in [0.15, 0.2) is 77.7 Å². The molecule has 0 N–H and O–H groups in total. The third-order valence-corrected chi connectivity index (χ3v) is 10.1. The van der Waals surface area contributed by atoms with Gasteiger partial charge in [0.2, 0.25) is 5.91 Å². The molecule has 2 amide bonds. The molecule has 5 rings (SSSR count). The Bertz CT molecular complexity index is 1490. The number of likely N-dealkylation sites (tertiary alicyclic amines) is 2. The van der Waals surface area contributed by atoms with Crippen molar-refractivity contribution in [3.8, 4) is 0 Å². The van der Waals surface area contributed by atoms with Gasteiger partial charge in [-0.2, -0.15) is 0 Å². The maximum absolute atomic E-state index is 14.1. The second-order valence-corrected chi connectivity index (χ2v) is 12.9. The highest BCUT2D eigenvalue weighted by molar-refractivity contribution is 7.93. The highest BCUT2D eigenvalue weighted by Crippen LogP contribution is 2.35. The Morgan fingerprint density at radius 3 is 2.27 bits per heavy atom. The summed E-state index contributed by atoms with van der Waals surface area (Å²) in [5, 5.41) is 0.305. The van der Waals surface area contributed by atoms with Crippen LogP contribution >= 0.6 is 23.2 Å². The lowest BCUT2D eigenvalue weighted by molar-refractivity contribution is -0.128. The number of halogens is 2. The van der Waals surface area contributed by atoms with Crippen molar-refractivity contribution in [2.45, 2.75) is 37.1 Å². The minimum Gasteiger partial charge on any atom is -0.342 e. The maximum Gasteiger partial charge on any atom is 0.266 e. The molecule has 2 heterocycles. The lowest BCUT2D eigenvalue weighted by atomic mass is 9.95. The van der Waals surface area contributed by atoms with Crippen LogP contribution in [-0.2, 0) is 21.4 Å². The Hall–Kier alpha value is -3.07. The number of sulfonamides is 1. The highest BCUT2D eigenvalue weighted by atomic mass is 35.5. The smallest absolute Gasteiger partial charge is 0.266 e. The average molecular weight is 601 g/mol. The molecule has 7 nitrogen and oxygen atoms in total. The summed E-state index contributed by atoms with van der Waals surface area (Å²) in [6.45, 7) is 2.69. The van der Waals surface area contributed by atoms with E-state index in [0.717, 1.165) is 37.9 Å². The fourth-order valence-corrected chi connectivity index (χ4v) is 7.63. The number of carbonyl (C=O) groups is 2. The van der Waals surface area contributed by atoms with E-state index in [1.165, 1.54) is 16.4 Å². The molecule has 0 radical (unpaired) electrons. The Labute approximate surface area is 245 Å². The molecular formula is C30H31Cl2N3O4S. The number of hydrogen-bond donors (Lipinski definition) is 0. The number of para-hydroxylation sites is 1. The van der Waals surface area contributed by atoms with Crippen molar-refractivity contribution >= 4 is 50.7 Å². The summed E-state index contributed by atoms with van der Waals surface area (Å²) in [4.78, 5) is 29.0. The fourth-order valence-electron chi connectivity index (χ4n) is 5.37. The van der Waals surface area contributed by atoms with Gasteiger partial charge in [0, 0.05) is 38.2 Å². The Balaban J connectivity index is 1.38. The number of hydrogen-bond acceptors (Lipinski definition) is 4. The van der Waals surface area contributed by atoms with Crippen LogP contribution in [0, 0.1) is 5.92 Å². The molecule has 0 saturated carbocycles. The second kappa shape index (κ2) is 12.2. The van der Waals surface area contributed by atoms with E-state index >= 15 is 0 Å². The summed E-state index contributed by atoms with van der Waals surface area (Å²) in [6, 6.07) is 20.3. The van der Waals surface area contributed by atoms with E-state index in [9.17, 15) is 18.0 Å². The summed E-state index contributed by atoms with van der Waals surface area (Å²) in [7, 11) is -4.21. The van der Waals surface area contributed by atoms with Crippen molar-refractivity contribution in [1.29, 1.82) is 0 Å². The average Bonchev–Trinajstić information content (AvgIpc) is 3.36. The topological polar surface area (TPSA) is 78.0 Å². The number of anilines is 1. The Morgan fingerprint density at radius 1 is 0.900 bits per heavy atom. The normalized spacial score (nSPS) is 16.4. The van der Waals surface area contributed by atoms with Gasteiger partial charge in [-0.1, -0.05) is 65.7 Å². The lowest BCUT2D eigenvalue weighted by Gasteiger charge is -2.34. The monoisotopic (exact) mass is 599 g/mol. The number of nitrogens with zero attached hydrogens (tertiary/aromatic N) is 3. The maximum atomic E-state index is 14.1. The second-order valence-electron chi connectivity index (χ2n) is 10.3. The van der Waals surface area contributed by atoms with Crippen molar-refractivity contribution in [1.82, 2.24) is 9.80 Å². The first-order valence-electron chi connectivity index (χ1n) is 13.4. The summed E-state index contributed by atoms with van der Waals surface area (Å²) < 4.78 is 29.5. The highest BCUT2D eigenvalue weighted by Gasteiger charge is 2.32. The van der Waals surface area contributed by atoms with Crippen molar-refractivity contribution in [3.05, 3.63) is 94.0 Å². The summed E-state index contributed by atoms with van der Waals surface area (Å²) in [5.41, 5.74) is 1.35. The van der Waals surface area contributed by atoms with Crippen LogP contribution < -0.4 is 4.31 Å². The molecule has 2 aliphatic heterocycles. The van der Waals surface area contributed by atoms with Gasteiger partial charge in [0.15, 0.2) is 0 Å². The third-order valence-electron chi connectivity index (χ3n) is 7.59. The van der Waals surface area contributed by atoms with Crippen LogP contribution in [0.3, 0.4) is 0 Å². The van der Waals surface area contributed by atoms with E-state index < -0.39 is 10.0 Å². The molecule has 0 aromatic heterocycles. The van der Waals surface area contributed by atoms with E-state index in [0.29, 0.717) is 31.1 Å². The molecule has 2 aliphatic rings. The number of piperidine rings is 1. The molecule has 0 atom stereocenters. The first kappa shape index (κ1) is 28.5. The van der Waals surface area contributed by atoms with Gasteiger partial charge in [-0.05, 0) is 61.1 Å². The van der Waals surface area contributed by atoms with Crippen LogP contribution in [0.1, 0.15) is 41.6 Å². The standard InChI is InChI=1S/C30H31Cl2N3O4S/c31-25-9-4-5-10-27(25)35(21-22-7-2-1-3-8-22)40(38,39)28-19-24(12-13-26(28)32)30(37)33-17-14-23(15-18-33)20-34-16-6-11-29(34)36/h1-5,7-10,12-13,19,23H,6,11,14-18,20-21H2. The molecule has 10 heteroatoms.